The Balaban J connectivity index is 1.87. The highest BCUT2D eigenvalue weighted by molar-refractivity contribution is 5.97. The molecule has 0 aliphatic heterocycles. The molecule has 0 saturated carbocycles. The molecule has 0 fully saturated rings. The van der Waals surface area contributed by atoms with Gasteiger partial charge in [0.15, 0.2) is 6.10 Å². The summed E-state index contributed by atoms with van der Waals surface area (Å²) in [5, 5.41) is 2.56. The molecule has 0 unspecified atom stereocenters. The Morgan fingerprint density at radius 1 is 1.08 bits per heavy atom. The molecule has 1 N–H and O–H groups in total. The molecule has 0 heterocycles. The van der Waals surface area contributed by atoms with Gasteiger partial charge in [-0.3, -0.25) is 4.79 Å². The molecule has 1 amide bonds. The van der Waals surface area contributed by atoms with E-state index in [9.17, 15) is 14.0 Å². The van der Waals surface area contributed by atoms with Crippen molar-refractivity contribution in [2.75, 3.05) is 11.9 Å². The van der Waals surface area contributed by atoms with Crippen molar-refractivity contribution in [3.63, 3.8) is 0 Å². The van der Waals surface area contributed by atoms with Crippen molar-refractivity contribution < 1.29 is 23.5 Å². The maximum absolute atomic E-state index is 12.9. The molecular formula is C20H22FNO4. The number of carbonyl (C=O) groups excluding carboxylic acids is 2. The van der Waals surface area contributed by atoms with Crippen LogP contribution in [0.3, 0.4) is 0 Å². The number of hydrogen-bond donors (Lipinski definition) is 1. The van der Waals surface area contributed by atoms with Gasteiger partial charge in [0.25, 0.3) is 5.91 Å². The van der Waals surface area contributed by atoms with Gasteiger partial charge in [0.05, 0.1) is 12.2 Å². The van der Waals surface area contributed by atoms with Crippen molar-refractivity contribution in [3.8, 4) is 5.75 Å². The lowest BCUT2D eigenvalue weighted by atomic mass is 10.2. The first kappa shape index (κ1) is 19.4. The van der Waals surface area contributed by atoms with Crippen LogP contribution in [-0.4, -0.2) is 24.6 Å². The summed E-state index contributed by atoms with van der Waals surface area (Å²) in [7, 11) is 0. The maximum atomic E-state index is 12.9. The van der Waals surface area contributed by atoms with E-state index in [1.807, 2.05) is 0 Å². The molecule has 0 aromatic heterocycles. The van der Waals surface area contributed by atoms with E-state index in [-0.39, 0.29) is 0 Å². The minimum Gasteiger partial charge on any atom is -0.494 e. The van der Waals surface area contributed by atoms with Crippen molar-refractivity contribution in [2.24, 2.45) is 0 Å². The second kappa shape index (κ2) is 9.56. The van der Waals surface area contributed by atoms with Gasteiger partial charge in [-0.05, 0) is 61.9 Å². The zero-order chi connectivity index (χ0) is 18.9. The molecular weight excluding hydrogens is 337 g/mol. The molecule has 0 saturated heterocycles. The van der Waals surface area contributed by atoms with Crippen LogP contribution in [0.1, 0.15) is 37.0 Å². The Kier molecular flexibility index (Phi) is 7.14. The molecule has 0 radical (unpaired) electrons. The van der Waals surface area contributed by atoms with Crippen molar-refractivity contribution in [3.05, 3.63) is 59.9 Å². The Bertz CT molecular complexity index is 728. The maximum Gasteiger partial charge on any atom is 0.338 e. The van der Waals surface area contributed by atoms with Gasteiger partial charge in [-0.2, -0.15) is 0 Å². The van der Waals surface area contributed by atoms with E-state index >= 15 is 0 Å². The van der Waals surface area contributed by atoms with Crippen LogP contribution in [0.4, 0.5) is 10.1 Å². The fraction of sp³-hybridized carbons (Fsp3) is 0.300. The standard InChI is InChI=1S/C20H22FNO4/c1-3-4-13-25-18-11-5-15(6-12-18)20(24)26-14(2)19(23)22-17-9-7-16(21)8-10-17/h5-12,14H,3-4,13H2,1-2H3,(H,22,23)/t14-/m0/s1. The monoisotopic (exact) mass is 359 g/mol. The molecule has 26 heavy (non-hydrogen) atoms. The second-order valence-electron chi connectivity index (χ2n) is 5.77. The number of unbranched alkanes of at least 4 members (excludes halogenated alkanes) is 1. The van der Waals surface area contributed by atoms with Crippen molar-refractivity contribution in [1.29, 1.82) is 0 Å². The van der Waals surface area contributed by atoms with Gasteiger partial charge in [0.1, 0.15) is 11.6 Å². The average molecular weight is 359 g/mol. The van der Waals surface area contributed by atoms with Gasteiger partial charge in [-0.1, -0.05) is 13.3 Å². The number of benzene rings is 2. The first-order chi connectivity index (χ1) is 12.5. The summed E-state index contributed by atoms with van der Waals surface area (Å²) in [5.41, 5.74) is 0.752. The summed E-state index contributed by atoms with van der Waals surface area (Å²) in [4.78, 5) is 24.2. The zero-order valence-electron chi connectivity index (χ0n) is 14.8. The average Bonchev–Trinajstić information content (AvgIpc) is 2.64. The van der Waals surface area contributed by atoms with Crippen LogP contribution in [-0.2, 0) is 9.53 Å². The van der Waals surface area contributed by atoms with Crippen LogP contribution in [0.5, 0.6) is 5.75 Å². The summed E-state index contributed by atoms with van der Waals surface area (Å²) in [6.07, 6.45) is 1.01. The summed E-state index contributed by atoms with van der Waals surface area (Å²) in [6.45, 7) is 4.18. The van der Waals surface area contributed by atoms with Gasteiger partial charge in [-0.15, -0.1) is 0 Å². The zero-order valence-corrected chi connectivity index (χ0v) is 14.8. The quantitative estimate of drug-likeness (QED) is 0.567. The normalized spacial score (nSPS) is 11.5. The van der Waals surface area contributed by atoms with Crippen LogP contribution in [0.25, 0.3) is 0 Å². The number of nitrogens with one attached hydrogen (secondary N) is 1. The highest BCUT2D eigenvalue weighted by Gasteiger charge is 2.19. The molecule has 1 atom stereocenters. The number of carbonyl (C=O) groups is 2. The predicted octanol–water partition coefficient (Wildman–Crippen LogP) is 4.19. The van der Waals surface area contributed by atoms with E-state index in [4.69, 9.17) is 9.47 Å². The molecule has 138 valence electrons. The molecule has 5 nitrogen and oxygen atoms in total. The van der Waals surface area contributed by atoms with Crippen LogP contribution in [0.15, 0.2) is 48.5 Å². The number of esters is 1. The van der Waals surface area contributed by atoms with Gasteiger partial charge in [0, 0.05) is 5.69 Å². The van der Waals surface area contributed by atoms with Crippen molar-refractivity contribution >= 4 is 17.6 Å². The second-order valence-corrected chi connectivity index (χ2v) is 5.77. The van der Waals surface area contributed by atoms with Gasteiger partial charge >= 0.3 is 5.97 Å². The van der Waals surface area contributed by atoms with E-state index < -0.39 is 23.8 Å². The molecule has 6 heteroatoms. The first-order valence-electron chi connectivity index (χ1n) is 8.50. The Morgan fingerprint density at radius 2 is 1.73 bits per heavy atom. The lowest BCUT2D eigenvalue weighted by Gasteiger charge is -2.14. The summed E-state index contributed by atoms with van der Waals surface area (Å²) >= 11 is 0. The Morgan fingerprint density at radius 3 is 2.35 bits per heavy atom. The van der Waals surface area contributed by atoms with E-state index in [0.29, 0.717) is 23.6 Å². The van der Waals surface area contributed by atoms with Crippen LogP contribution in [0.2, 0.25) is 0 Å². The lowest BCUT2D eigenvalue weighted by molar-refractivity contribution is -0.123. The Hall–Kier alpha value is -2.89. The number of halogens is 1. The largest absolute Gasteiger partial charge is 0.494 e. The molecule has 2 rings (SSSR count). The van der Waals surface area contributed by atoms with Crippen LogP contribution >= 0.6 is 0 Å². The van der Waals surface area contributed by atoms with E-state index in [1.54, 1.807) is 24.3 Å². The Labute approximate surface area is 152 Å². The molecule has 0 spiro atoms. The van der Waals surface area contributed by atoms with Crippen molar-refractivity contribution in [2.45, 2.75) is 32.8 Å². The topological polar surface area (TPSA) is 64.6 Å². The third-order valence-electron chi connectivity index (χ3n) is 3.62. The van der Waals surface area contributed by atoms with Gasteiger partial charge < -0.3 is 14.8 Å². The van der Waals surface area contributed by atoms with Crippen molar-refractivity contribution in [1.82, 2.24) is 0 Å². The highest BCUT2D eigenvalue weighted by Crippen LogP contribution is 2.15. The third-order valence-corrected chi connectivity index (χ3v) is 3.62. The van der Waals surface area contributed by atoms with Gasteiger partial charge in [0.2, 0.25) is 0 Å². The first-order valence-corrected chi connectivity index (χ1v) is 8.50. The number of anilines is 1. The number of hydrogen-bond acceptors (Lipinski definition) is 4. The molecule has 0 aliphatic carbocycles. The fourth-order valence-corrected chi connectivity index (χ4v) is 2.08. The fourth-order valence-electron chi connectivity index (χ4n) is 2.08. The highest BCUT2D eigenvalue weighted by atomic mass is 19.1. The molecule has 0 bridgehead atoms. The number of amides is 1. The van der Waals surface area contributed by atoms with Crippen LogP contribution < -0.4 is 10.1 Å². The smallest absolute Gasteiger partial charge is 0.338 e. The van der Waals surface area contributed by atoms with E-state index in [0.717, 1.165) is 12.8 Å². The summed E-state index contributed by atoms with van der Waals surface area (Å²) in [5.74, 6) is -0.821. The minimum absolute atomic E-state index is 0.328. The van der Waals surface area contributed by atoms with E-state index in [2.05, 4.69) is 12.2 Å². The number of rotatable bonds is 8. The molecule has 0 aliphatic rings. The minimum atomic E-state index is -0.993. The summed E-state index contributed by atoms with van der Waals surface area (Å²) in [6, 6.07) is 11.9. The predicted molar refractivity (Wildman–Crippen MR) is 96.8 cm³/mol. The lowest BCUT2D eigenvalue weighted by Crippen LogP contribution is -2.30. The summed E-state index contributed by atoms with van der Waals surface area (Å²) < 4.78 is 23.6. The number of ether oxygens (including phenoxy) is 2. The SMILES string of the molecule is CCCCOc1ccc(C(=O)O[C@@H](C)C(=O)Nc2ccc(F)cc2)cc1. The molecule has 2 aromatic rings. The van der Waals surface area contributed by atoms with E-state index in [1.165, 1.54) is 31.2 Å². The van der Waals surface area contributed by atoms with Gasteiger partial charge in [-0.25, -0.2) is 9.18 Å². The van der Waals surface area contributed by atoms with Crippen LogP contribution in [0, 0.1) is 5.82 Å². The molecule has 2 aromatic carbocycles. The third kappa shape index (κ3) is 5.88.